The van der Waals surface area contributed by atoms with E-state index in [4.69, 9.17) is 5.73 Å². The Labute approximate surface area is 95.2 Å². The van der Waals surface area contributed by atoms with Crippen LogP contribution in [0.3, 0.4) is 0 Å². The maximum Gasteiger partial charge on any atom is 0.417 e. The molecule has 3 nitrogen and oxygen atoms in total. The number of nitrogens with zero attached hydrogens (tertiary/aromatic N) is 2. The molecule has 94 valence electrons. The number of hydrogen-bond acceptors (Lipinski definition) is 3. The number of pyridine rings is 1. The summed E-state index contributed by atoms with van der Waals surface area (Å²) < 4.78 is 50.4. The van der Waals surface area contributed by atoms with E-state index in [2.05, 4.69) is 4.98 Å². The van der Waals surface area contributed by atoms with Crippen molar-refractivity contribution in [1.29, 1.82) is 0 Å². The first kappa shape index (κ1) is 12.1. The second-order valence-electron chi connectivity index (χ2n) is 4.02. The van der Waals surface area contributed by atoms with E-state index >= 15 is 0 Å². The quantitative estimate of drug-likeness (QED) is 0.771. The molecule has 7 heteroatoms. The molecule has 0 saturated carbocycles. The third-order valence-corrected chi connectivity index (χ3v) is 2.67. The standard InChI is InChI=1S/C10H11F4N3/c11-8-3-6(10(12,13)14)4-16-9(8)17-2-1-7(15)5-17/h3-4,7H,1-2,5,15H2. The molecular weight excluding hydrogens is 238 g/mol. The first-order chi connectivity index (χ1) is 7.88. The lowest BCUT2D eigenvalue weighted by atomic mass is 10.2. The van der Waals surface area contributed by atoms with E-state index in [1.807, 2.05) is 0 Å². The fraction of sp³-hybridized carbons (Fsp3) is 0.500. The van der Waals surface area contributed by atoms with Crippen LogP contribution >= 0.6 is 0 Å². The van der Waals surface area contributed by atoms with Gasteiger partial charge in [0.25, 0.3) is 0 Å². The molecule has 2 rings (SSSR count). The molecular formula is C10H11F4N3. The predicted molar refractivity (Wildman–Crippen MR) is 54.0 cm³/mol. The van der Waals surface area contributed by atoms with Gasteiger partial charge in [0.1, 0.15) is 0 Å². The summed E-state index contributed by atoms with van der Waals surface area (Å²) in [6, 6.07) is 0.380. The second kappa shape index (κ2) is 4.14. The van der Waals surface area contributed by atoms with Gasteiger partial charge in [0, 0.05) is 25.3 Å². The molecule has 1 atom stereocenters. The number of rotatable bonds is 1. The molecule has 0 bridgehead atoms. The molecule has 17 heavy (non-hydrogen) atoms. The Balaban J connectivity index is 2.26. The Morgan fingerprint density at radius 2 is 2.12 bits per heavy atom. The highest BCUT2D eigenvalue weighted by Crippen LogP contribution is 2.31. The van der Waals surface area contributed by atoms with Crippen molar-refractivity contribution in [2.75, 3.05) is 18.0 Å². The highest BCUT2D eigenvalue weighted by molar-refractivity contribution is 5.43. The molecule has 2 N–H and O–H groups in total. The van der Waals surface area contributed by atoms with Gasteiger partial charge in [-0.1, -0.05) is 0 Å². The van der Waals surface area contributed by atoms with Crippen molar-refractivity contribution in [2.24, 2.45) is 5.73 Å². The van der Waals surface area contributed by atoms with Crippen LogP contribution in [0.15, 0.2) is 12.3 Å². The Morgan fingerprint density at radius 3 is 2.59 bits per heavy atom. The normalized spacial score (nSPS) is 21.0. The van der Waals surface area contributed by atoms with Gasteiger partial charge in [-0.3, -0.25) is 0 Å². The summed E-state index contributed by atoms with van der Waals surface area (Å²) in [5.41, 5.74) is 4.56. The highest BCUT2D eigenvalue weighted by atomic mass is 19.4. The van der Waals surface area contributed by atoms with Crippen LogP contribution in [-0.2, 0) is 6.18 Å². The number of halogens is 4. The number of aromatic nitrogens is 1. The fourth-order valence-corrected chi connectivity index (χ4v) is 1.80. The molecule has 1 aromatic rings. The summed E-state index contributed by atoms with van der Waals surface area (Å²) in [6.45, 7) is 0.922. The maximum atomic E-state index is 13.5. The molecule has 1 aromatic heterocycles. The minimum Gasteiger partial charge on any atom is -0.353 e. The van der Waals surface area contributed by atoms with Crippen molar-refractivity contribution in [2.45, 2.75) is 18.6 Å². The number of hydrogen-bond donors (Lipinski definition) is 1. The van der Waals surface area contributed by atoms with Gasteiger partial charge < -0.3 is 10.6 Å². The number of alkyl halides is 3. The van der Waals surface area contributed by atoms with Crippen LogP contribution < -0.4 is 10.6 Å². The molecule has 0 spiro atoms. The Morgan fingerprint density at radius 1 is 1.41 bits per heavy atom. The zero-order valence-corrected chi connectivity index (χ0v) is 8.84. The third-order valence-electron chi connectivity index (χ3n) is 2.67. The van der Waals surface area contributed by atoms with E-state index in [0.717, 1.165) is 0 Å². The van der Waals surface area contributed by atoms with Gasteiger partial charge in [-0.15, -0.1) is 0 Å². The zero-order chi connectivity index (χ0) is 12.6. The smallest absolute Gasteiger partial charge is 0.353 e. The minimum absolute atomic E-state index is 0.0639. The number of anilines is 1. The van der Waals surface area contributed by atoms with Gasteiger partial charge in [-0.25, -0.2) is 9.37 Å². The van der Waals surface area contributed by atoms with E-state index in [1.54, 1.807) is 4.90 Å². The molecule has 1 aliphatic heterocycles. The van der Waals surface area contributed by atoms with Crippen molar-refractivity contribution in [1.82, 2.24) is 4.98 Å². The summed E-state index contributed by atoms with van der Waals surface area (Å²) in [5.74, 6) is -1.03. The molecule has 1 aliphatic rings. The lowest BCUT2D eigenvalue weighted by Gasteiger charge is -2.18. The van der Waals surface area contributed by atoms with E-state index < -0.39 is 17.6 Å². The van der Waals surface area contributed by atoms with E-state index in [9.17, 15) is 17.6 Å². The first-order valence-corrected chi connectivity index (χ1v) is 5.11. The molecule has 0 aliphatic carbocycles. The van der Waals surface area contributed by atoms with Crippen LogP contribution in [0.1, 0.15) is 12.0 Å². The highest BCUT2D eigenvalue weighted by Gasteiger charge is 2.33. The molecule has 1 unspecified atom stereocenters. The molecule has 2 heterocycles. The molecule has 0 radical (unpaired) electrons. The van der Waals surface area contributed by atoms with E-state index in [-0.39, 0.29) is 11.9 Å². The van der Waals surface area contributed by atoms with Crippen molar-refractivity contribution >= 4 is 5.82 Å². The van der Waals surface area contributed by atoms with Crippen LogP contribution in [0.2, 0.25) is 0 Å². The summed E-state index contributed by atoms with van der Waals surface area (Å²) in [6.07, 6.45) is -3.25. The molecule has 1 fully saturated rings. The Bertz CT molecular complexity index is 419. The largest absolute Gasteiger partial charge is 0.417 e. The topological polar surface area (TPSA) is 42.1 Å². The van der Waals surface area contributed by atoms with Crippen molar-refractivity contribution in [3.63, 3.8) is 0 Å². The lowest BCUT2D eigenvalue weighted by Crippen LogP contribution is -2.27. The van der Waals surface area contributed by atoms with Crippen molar-refractivity contribution in [3.05, 3.63) is 23.6 Å². The molecule has 1 saturated heterocycles. The van der Waals surface area contributed by atoms with Gasteiger partial charge in [0.2, 0.25) is 0 Å². The fourth-order valence-electron chi connectivity index (χ4n) is 1.80. The SMILES string of the molecule is NC1CCN(c2ncc(C(F)(F)F)cc2F)C1. The van der Waals surface area contributed by atoms with Gasteiger partial charge in [0.15, 0.2) is 11.6 Å². The van der Waals surface area contributed by atoms with Crippen LogP contribution in [0.4, 0.5) is 23.4 Å². The summed E-state index contributed by atoms with van der Waals surface area (Å²) >= 11 is 0. The lowest BCUT2D eigenvalue weighted by molar-refractivity contribution is -0.138. The van der Waals surface area contributed by atoms with Gasteiger partial charge >= 0.3 is 6.18 Å². The van der Waals surface area contributed by atoms with Crippen molar-refractivity contribution < 1.29 is 17.6 Å². The van der Waals surface area contributed by atoms with Crippen molar-refractivity contribution in [3.8, 4) is 0 Å². The average molecular weight is 249 g/mol. The van der Waals surface area contributed by atoms with E-state index in [0.29, 0.717) is 31.8 Å². The van der Waals surface area contributed by atoms with E-state index in [1.165, 1.54) is 0 Å². The van der Waals surface area contributed by atoms with Gasteiger partial charge in [-0.2, -0.15) is 13.2 Å². The van der Waals surface area contributed by atoms with Crippen LogP contribution in [0.5, 0.6) is 0 Å². The van der Waals surface area contributed by atoms with Crippen LogP contribution in [0.25, 0.3) is 0 Å². The Kier molecular flexibility index (Phi) is 2.94. The Hall–Kier alpha value is -1.37. The summed E-state index contributed by atoms with van der Waals surface area (Å²) in [7, 11) is 0. The monoisotopic (exact) mass is 249 g/mol. The maximum absolute atomic E-state index is 13.5. The van der Waals surface area contributed by atoms with Gasteiger partial charge in [-0.05, 0) is 12.5 Å². The molecule has 0 aromatic carbocycles. The minimum atomic E-state index is -4.58. The molecule has 0 amide bonds. The van der Waals surface area contributed by atoms with Crippen LogP contribution in [-0.4, -0.2) is 24.1 Å². The predicted octanol–water partition coefficient (Wildman–Crippen LogP) is 1.78. The average Bonchev–Trinajstić information content (AvgIpc) is 2.63. The third kappa shape index (κ3) is 2.49. The summed E-state index contributed by atoms with van der Waals surface area (Å²) in [4.78, 5) is 5.09. The summed E-state index contributed by atoms with van der Waals surface area (Å²) in [5, 5.41) is 0. The van der Waals surface area contributed by atoms with Gasteiger partial charge in [0.05, 0.1) is 5.56 Å². The first-order valence-electron chi connectivity index (χ1n) is 5.11. The second-order valence-corrected chi connectivity index (χ2v) is 4.02. The zero-order valence-electron chi connectivity index (χ0n) is 8.84. The van der Waals surface area contributed by atoms with Crippen LogP contribution in [0, 0.1) is 5.82 Å². The number of nitrogens with two attached hydrogens (primary N) is 1.